The Labute approximate surface area is 150 Å². The number of unbranched alkanes of at least 4 members (excludes halogenated alkanes) is 1. The molecule has 0 saturated carbocycles. The average molecular weight is 354 g/mol. The summed E-state index contributed by atoms with van der Waals surface area (Å²) in [5.41, 5.74) is 1.73. The third kappa shape index (κ3) is 5.66. The maximum Gasteiger partial charge on any atom is 0.338 e. The van der Waals surface area contributed by atoms with Crippen LogP contribution < -0.4 is 0 Å². The molecule has 2 aromatic carbocycles. The van der Waals surface area contributed by atoms with Gasteiger partial charge in [0, 0.05) is 11.1 Å². The van der Waals surface area contributed by atoms with Gasteiger partial charge in [-0.2, -0.15) is 0 Å². The van der Waals surface area contributed by atoms with Crippen LogP contribution >= 0.6 is 0 Å². The number of benzene rings is 2. The molecule has 2 rings (SSSR count). The molecule has 0 unspecified atom stereocenters. The van der Waals surface area contributed by atoms with Crippen LogP contribution in [0.2, 0.25) is 0 Å². The highest BCUT2D eigenvalue weighted by Gasteiger charge is 2.08. The molecule has 0 saturated heterocycles. The van der Waals surface area contributed by atoms with Crippen LogP contribution in [0.1, 0.15) is 54.3 Å². The summed E-state index contributed by atoms with van der Waals surface area (Å²) in [7, 11) is 0. The summed E-state index contributed by atoms with van der Waals surface area (Å²) in [6, 6.07) is 12.3. The lowest BCUT2D eigenvalue weighted by Crippen LogP contribution is -2.09. The normalized spacial score (nSPS) is 10.0. The quantitative estimate of drug-likeness (QED) is 0.391. The minimum Gasteiger partial charge on any atom is -0.462 e. The number of rotatable bonds is 9. The Hall–Kier alpha value is -3.28. The number of ether oxygens (including phenoxy) is 2. The molecule has 0 spiro atoms. The van der Waals surface area contributed by atoms with Crippen molar-refractivity contribution >= 4 is 24.5 Å². The van der Waals surface area contributed by atoms with Gasteiger partial charge in [-0.25, -0.2) is 9.59 Å². The van der Waals surface area contributed by atoms with Gasteiger partial charge in [0.15, 0.2) is 0 Å². The molecule has 0 aliphatic carbocycles. The highest BCUT2D eigenvalue weighted by atomic mass is 16.5. The fraction of sp³-hybridized carbons (Fsp3) is 0.200. The third-order valence-electron chi connectivity index (χ3n) is 3.57. The van der Waals surface area contributed by atoms with E-state index in [1.54, 1.807) is 24.3 Å². The van der Waals surface area contributed by atoms with Crippen LogP contribution in [0, 0.1) is 0 Å². The number of carbonyl (C=O) groups excluding carboxylic acids is 4. The zero-order chi connectivity index (χ0) is 18.8. The Kier molecular flexibility index (Phi) is 7.24. The molecule has 26 heavy (non-hydrogen) atoms. The van der Waals surface area contributed by atoms with E-state index in [1.807, 2.05) is 0 Å². The van der Waals surface area contributed by atoms with Gasteiger partial charge in [0.2, 0.25) is 0 Å². The average Bonchev–Trinajstić information content (AvgIpc) is 2.70. The van der Waals surface area contributed by atoms with Crippen molar-refractivity contribution in [3.05, 3.63) is 70.8 Å². The molecular formula is C20H18O6. The van der Waals surface area contributed by atoms with Gasteiger partial charge in [-0.1, -0.05) is 24.3 Å². The van der Waals surface area contributed by atoms with Crippen molar-refractivity contribution in [2.75, 3.05) is 13.2 Å². The predicted molar refractivity (Wildman–Crippen MR) is 93.5 cm³/mol. The largest absolute Gasteiger partial charge is 0.462 e. The Morgan fingerprint density at radius 1 is 0.654 bits per heavy atom. The number of esters is 2. The van der Waals surface area contributed by atoms with Crippen molar-refractivity contribution in [2.45, 2.75) is 12.8 Å². The van der Waals surface area contributed by atoms with E-state index in [0.717, 1.165) is 0 Å². The molecule has 0 aliphatic rings. The molecule has 0 amide bonds. The molecule has 0 heterocycles. The summed E-state index contributed by atoms with van der Waals surface area (Å²) in [6.07, 6.45) is 2.51. The van der Waals surface area contributed by atoms with Crippen LogP contribution in [-0.4, -0.2) is 37.7 Å². The first kappa shape index (κ1) is 19.1. The van der Waals surface area contributed by atoms with Gasteiger partial charge in [-0.05, 0) is 37.1 Å². The molecular weight excluding hydrogens is 336 g/mol. The van der Waals surface area contributed by atoms with Gasteiger partial charge >= 0.3 is 11.9 Å². The van der Waals surface area contributed by atoms with Gasteiger partial charge < -0.3 is 9.47 Å². The second kappa shape index (κ2) is 9.88. The van der Waals surface area contributed by atoms with Crippen molar-refractivity contribution in [3.63, 3.8) is 0 Å². The minimum absolute atomic E-state index is 0.208. The zero-order valence-corrected chi connectivity index (χ0v) is 14.1. The first-order valence-electron chi connectivity index (χ1n) is 8.09. The van der Waals surface area contributed by atoms with Crippen LogP contribution in [0.3, 0.4) is 0 Å². The van der Waals surface area contributed by atoms with Gasteiger partial charge in [-0.15, -0.1) is 0 Å². The lowest BCUT2D eigenvalue weighted by atomic mass is 10.1. The molecule has 6 nitrogen and oxygen atoms in total. The first-order valence-corrected chi connectivity index (χ1v) is 8.09. The van der Waals surface area contributed by atoms with E-state index >= 15 is 0 Å². The summed E-state index contributed by atoms with van der Waals surface area (Å²) in [5, 5.41) is 0. The molecule has 0 radical (unpaired) electrons. The van der Waals surface area contributed by atoms with Crippen LogP contribution in [0.25, 0.3) is 0 Å². The smallest absolute Gasteiger partial charge is 0.338 e. The Morgan fingerprint density at radius 3 is 1.31 bits per heavy atom. The predicted octanol–water partition coefficient (Wildman–Crippen LogP) is 3.11. The maximum absolute atomic E-state index is 11.8. The third-order valence-corrected chi connectivity index (χ3v) is 3.57. The molecule has 0 atom stereocenters. The fourth-order valence-corrected chi connectivity index (χ4v) is 2.10. The second-order valence-corrected chi connectivity index (χ2v) is 5.46. The highest BCUT2D eigenvalue weighted by Crippen LogP contribution is 2.07. The minimum atomic E-state index is -0.463. The molecule has 0 aliphatic heterocycles. The van der Waals surface area contributed by atoms with Crippen LogP contribution in [-0.2, 0) is 9.47 Å². The lowest BCUT2D eigenvalue weighted by Gasteiger charge is -2.06. The Bertz CT molecular complexity index is 694. The van der Waals surface area contributed by atoms with Gasteiger partial charge in [0.05, 0.1) is 24.3 Å². The zero-order valence-electron chi connectivity index (χ0n) is 14.1. The summed E-state index contributed by atoms with van der Waals surface area (Å²) in [6.45, 7) is 0.416. The van der Waals surface area contributed by atoms with Crippen LogP contribution in [0.4, 0.5) is 0 Å². The standard InChI is InChI=1S/C20H18O6/c21-13-15-3-7-17(8-4-15)19(23)25-11-1-2-12-26-20(24)18-9-5-16(14-22)6-10-18/h3-10,13-14H,1-2,11-12H2. The van der Waals surface area contributed by atoms with Crippen LogP contribution in [0.5, 0.6) is 0 Å². The van der Waals surface area contributed by atoms with Crippen molar-refractivity contribution in [2.24, 2.45) is 0 Å². The molecule has 2 aromatic rings. The highest BCUT2D eigenvalue weighted by molar-refractivity contribution is 5.91. The second-order valence-electron chi connectivity index (χ2n) is 5.46. The van der Waals surface area contributed by atoms with Gasteiger partial charge in [-0.3, -0.25) is 9.59 Å². The van der Waals surface area contributed by atoms with E-state index in [4.69, 9.17) is 9.47 Å². The van der Waals surface area contributed by atoms with E-state index in [-0.39, 0.29) is 13.2 Å². The van der Waals surface area contributed by atoms with Crippen molar-refractivity contribution in [3.8, 4) is 0 Å². The van der Waals surface area contributed by atoms with Crippen molar-refractivity contribution < 1.29 is 28.7 Å². The van der Waals surface area contributed by atoms with Gasteiger partial charge in [0.25, 0.3) is 0 Å². The number of carbonyl (C=O) groups is 4. The molecule has 0 aromatic heterocycles. The van der Waals surface area contributed by atoms with E-state index in [9.17, 15) is 19.2 Å². The first-order chi connectivity index (χ1) is 12.6. The topological polar surface area (TPSA) is 86.7 Å². The molecule has 6 heteroatoms. The summed E-state index contributed by atoms with van der Waals surface area (Å²) in [5.74, 6) is -0.926. The molecule has 134 valence electrons. The van der Waals surface area contributed by atoms with Crippen LogP contribution in [0.15, 0.2) is 48.5 Å². The Balaban J connectivity index is 1.63. The number of aldehydes is 2. The summed E-state index contributed by atoms with van der Waals surface area (Å²) < 4.78 is 10.2. The molecule has 0 fully saturated rings. The molecule has 0 bridgehead atoms. The summed E-state index contributed by atoms with van der Waals surface area (Å²) >= 11 is 0. The van der Waals surface area contributed by atoms with E-state index in [1.165, 1.54) is 24.3 Å². The maximum atomic E-state index is 11.8. The number of hydrogen-bond donors (Lipinski definition) is 0. The Morgan fingerprint density at radius 2 is 1.00 bits per heavy atom. The van der Waals surface area contributed by atoms with E-state index in [0.29, 0.717) is 47.7 Å². The van der Waals surface area contributed by atoms with Crippen molar-refractivity contribution in [1.29, 1.82) is 0 Å². The van der Waals surface area contributed by atoms with Gasteiger partial charge in [0.1, 0.15) is 12.6 Å². The monoisotopic (exact) mass is 354 g/mol. The molecule has 0 N–H and O–H groups in total. The fourth-order valence-electron chi connectivity index (χ4n) is 2.10. The lowest BCUT2D eigenvalue weighted by molar-refractivity contribution is 0.0432. The SMILES string of the molecule is O=Cc1ccc(C(=O)OCCCCOC(=O)c2ccc(C=O)cc2)cc1. The van der Waals surface area contributed by atoms with E-state index < -0.39 is 11.9 Å². The van der Waals surface area contributed by atoms with Crippen molar-refractivity contribution in [1.82, 2.24) is 0 Å². The van der Waals surface area contributed by atoms with E-state index in [2.05, 4.69) is 0 Å². The summed E-state index contributed by atoms with van der Waals surface area (Å²) in [4.78, 5) is 44.7. The number of hydrogen-bond acceptors (Lipinski definition) is 6.